The minimum absolute atomic E-state index is 0. The van der Waals surface area contributed by atoms with Crippen molar-refractivity contribution in [2.24, 2.45) is 11.5 Å². The van der Waals surface area contributed by atoms with Gasteiger partial charge in [-0.2, -0.15) is 0 Å². The average Bonchev–Trinajstić information content (AvgIpc) is 2.66. The van der Waals surface area contributed by atoms with Gasteiger partial charge in [0, 0.05) is 6.54 Å². The summed E-state index contributed by atoms with van der Waals surface area (Å²) in [5.74, 6) is 0. The van der Waals surface area contributed by atoms with Crippen LogP contribution in [-0.2, 0) is 17.1 Å². The van der Waals surface area contributed by atoms with Gasteiger partial charge in [0.15, 0.2) is 0 Å². The van der Waals surface area contributed by atoms with E-state index in [2.05, 4.69) is 4.90 Å². The summed E-state index contributed by atoms with van der Waals surface area (Å²) >= 11 is 0. The molecule has 1 radical (unpaired) electrons. The number of nitrogens with zero attached hydrogens (tertiary/aromatic N) is 6. The van der Waals surface area contributed by atoms with Gasteiger partial charge in [0.05, 0.1) is 6.61 Å². The second kappa shape index (κ2) is 90.3. The Morgan fingerprint density at radius 1 is 0.652 bits per heavy atom. The number of aliphatic hydroxyl groups excluding tert-OH is 1. The first-order chi connectivity index (χ1) is 10.8. The zero-order valence-corrected chi connectivity index (χ0v) is 13.9. The van der Waals surface area contributed by atoms with Crippen molar-refractivity contribution >= 4 is 0 Å². The third-order valence-corrected chi connectivity index (χ3v) is 1.77. The molecule has 127 valence electrons. The third-order valence-electron chi connectivity index (χ3n) is 1.77. The Hall–Kier alpha value is -2.19. The van der Waals surface area contributed by atoms with Gasteiger partial charge in [-0.1, -0.05) is 0 Å². The van der Waals surface area contributed by atoms with Crippen LogP contribution in [0.4, 0.5) is 0 Å². The van der Waals surface area contributed by atoms with Crippen LogP contribution in [0.5, 0.6) is 0 Å². The van der Waals surface area contributed by atoms with E-state index in [1.54, 1.807) is 0 Å². The van der Waals surface area contributed by atoms with E-state index in [4.69, 9.17) is 75.7 Å². The van der Waals surface area contributed by atoms with Crippen molar-refractivity contribution < 1.29 is 22.2 Å². The maximum absolute atomic E-state index is 8.73. The van der Waals surface area contributed by atoms with Gasteiger partial charge in [-0.3, -0.25) is 0 Å². The van der Waals surface area contributed by atoms with Crippen molar-refractivity contribution in [1.82, 2.24) is 4.90 Å². The molecular formula is C13H21FeN8O. The topological polar surface area (TPSA) is 194 Å². The average molecular weight is 361 g/mol. The fourth-order valence-corrected chi connectivity index (χ4v) is 1.11. The first-order valence-electron chi connectivity index (χ1n) is 5.70. The molecule has 0 fully saturated rings. The Kier molecular flexibility index (Phi) is 168. The molecule has 0 aromatic rings. The van der Waals surface area contributed by atoms with Gasteiger partial charge in [-0.25, -0.2) is 0 Å². The molecule has 5 N–H and O–H groups in total. The van der Waals surface area contributed by atoms with E-state index in [-0.39, 0.29) is 23.7 Å². The van der Waals surface area contributed by atoms with E-state index in [0.29, 0.717) is 13.1 Å². The molecule has 0 atom stereocenters. The third kappa shape index (κ3) is 81.0. The van der Waals surface area contributed by atoms with Crippen LogP contribution in [0.1, 0.15) is 12.8 Å². The molecule has 0 spiro atoms. The summed E-state index contributed by atoms with van der Waals surface area (Å²) in [4.78, 5) is 2.19. The van der Waals surface area contributed by atoms with Crippen LogP contribution in [0.25, 0.3) is 0 Å². The van der Waals surface area contributed by atoms with Gasteiger partial charge in [-0.15, -0.1) is 0 Å². The van der Waals surface area contributed by atoms with E-state index >= 15 is 0 Å². The summed E-state index contributed by atoms with van der Waals surface area (Å²) in [5, 5.41) is 40.0. The largest absolute Gasteiger partial charge is 5.00 e. The maximum Gasteiger partial charge on any atom is 5.00 e. The fourth-order valence-electron chi connectivity index (χ4n) is 1.11. The Morgan fingerprint density at radius 3 is 1.09 bits per heavy atom. The molecule has 10 heteroatoms. The minimum atomic E-state index is 0. The molecular weight excluding hydrogens is 340 g/mol. The molecule has 0 heterocycles. The Morgan fingerprint density at radius 2 is 0.913 bits per heavy atom. The van der Waals surface area contributed by atoms with Crippen LogP contribution in [0.3, 0.4) is 0 Å². The van der Waals surface area contributed by atoms with Gasteiger partial charge in [0.1, 0.15) is 0 Å². The molecule has 0 aliphatic carbocycles. The summed E-state index contributed by atoms with van der Waals surface area (Å²) in [7, 11) is 0. The predicted octanol–water partition coefficient (Wildman–Crippen LogP) is -0.542. The molecule has 0 aromatic carbocycles. The fraction of sp³-hybridized carbons (Fsp3) is 0.615. The summed E-state index contributed by atoms with van der Waals surface area (Å²) in [5.41, 5.74) is 10.8. The van der Waals surface area contributed by atoms with Crippen LogP contribution >= 0.6 is 0 Å². The minimum Gasteiger partial charge on any atom is -0.512 e. The zero-order valence-electron chi connectivity index (χ0n) is 12.8. The second-order valence-corrected chi connectivity index (χ2v) is 2.85. The van der Waals surface area contributed by atoms with Crippen LogP contribution in [0.2, 0.25) is 0 Å². The standard InChI is InChI=1S/C8H21N3O.5CN.Fe/c9-3-1-5-11(7-8-12)6-2-4-10;5*1-2;/h12H,1-10H2;;;;;;/q;5*-1;+5. The summed E-state index contributed by atoms with van der Waals surface area (Å²) in [6.45, 7) is 28.1. The number of aliphatic hydroxyl groups is 1. The predicted molar refractivity (Wildman–Crippen MR) is 75.7 cm³/mol. The quantitative estimate of drug-likeness (QED) is 0.375. The van der Waals surface area contributed by atoms with E-state index in [0.717, 1.165) is 32.5 Å². The van der Waals surface area contributed by atoms with Crippen molar-refractivity contribution in [2.45, 2.75) is 12.8 Å². The number of nitrogens with two attached hydrogens (primary N) is 2. The van der Waals surface area contributed by atoms with E-state index in [9.17, 15) is 0 Å². The van der Waals surface area contributed by atoms with Crippen molar-refractivity contribution in [1.29, 1.82) is 26.3 Å². The molecule has 0 saturated carbocycles. The summed E-state index contributed by atoms with van der Waals surface area (Å²) in [6.07, 6.45) is 1.98. The smallest absolute Gasteiger partial charge is 0.512 e. The van der Waals surface area contributed by atoms with Crippen molar-refractivity contribution in [3.63, 3.8) is 0 Å². The molecule has 0 rings (SSSR count). The first-order valence-corrected chi connectivity index (χ1v) is 5.70. The molecule has 0 saturated heterocycles. The number of hydrogen-bond acceptors (Lipinski definition) is 9. The molecule has 0 aliphatic heterocycles. The van der Waals surface area contributed by atoms with Gasteiger partial charge < -0.3 is 80.6 Å². The first kappa shape index (κ1) is 42.8. The number of hydrogen-bond donors (Lipinski definition) is 3. The molecule has 9 nitrogen and oxygen atoms in total. The van der Waals surface area contributed by atoms with E-state index in [1.165, 1.54) is 0 Å². The Labute approximate surface area is 150 Å². The van der Waals surface area contributed by atoms with Crippen molar-refractivity contribution in [3.8, 4) is 0 Å². The molecule has 0 aromatic heterocycles. The van der Waals surface area contributed by atoms with Crippen LogP contribution in [-0.4, -0.2) is 49.3 Å². The van der Waals surface area contributed by atoms with Gasteiger partial charge in [-0.05, 0) is 39.0 Å². The monoisotopic (exact) mass is 361 g/mol. The molecule has 0 bridgehead atoms. The van der Waals surface area contributed by atoms with Crippen molar-refractivity contribution in [3.05, 3.63) is 32.9 Å². The number of rotatable bonds is 8. The Bertz CT molecular complexity index is 210. The molecule has 0 unspecified atom stereocenters. The molecule has 23 heavy (non-hydrogen) atoms. The van der Waals surface area contributed by atoms with Crippen LogP contribution in [0, 0.1) is 59.2 Å². The van der Waals surface area contributed by atoms with Gasteiger partial charge >= 0.3 is 17.1 Å². The second-order valence-electron chi connectivity index (χ2n) is 2.85. The van der Waals surface area contributed by atoms with Crippen LogP contribution in [0.15, 0.2) is 0 Å². The normalized spacial score (nSPS) is 6.17. The summed E-state index contributed by atoms with van der Waals surface area (Å²) < 4.78 is 0. The Balaban J connectivity index is -0.0000000396. The zero-order chi connectivity index (χ0) is 19.2. The van der Waals surface area contributed by atoms with Gasteiger partial charge in [0.25, 0.3) is 0 Å². The van der Waals surface area contributed by atoms with Crippen LogP contribution < -0.4 is 11.5 Å². The SMILES string of the molecule is NCCCN(CCO)CCCN.[C-]#N.[C-]#N.[C-]#N.[C-]#N.[C-]#N.[Fe+5]. The molecule has 0 aliphatic rings. The molecule has 0 amide bonds. The van der Waals surface area contributed by atoms with Gasteiger partial charge in [0.2, 0.25) is 0 Å². The van der Waals surface area contributed by atoms with E-state index in [1.807, 2.05) is 0 Å². The van der Waals surface area contributed by atoms with Crippen molar-refractivity contribution in [2.75, 3.05) is 39.3 Å². The summed E-state index contributed by atoms with van der Waals surface area (Å²) in [6, 6.07) is 0. The maximum atomic E-state index is 8.73. The van der Waals surface area contributed by atoms with E-state index < -0.39 is 0 Å².